The van der Waals surface area contributed by atoms with Crippen LogP contribution in [-0.2, 0) is 4.74 Å². The molecule has 0 N–H and O–H groups in total. The molecule has 2 saturated heterocycles. The molecule has 0 bridgehead atoms. The van der Waals surface area contributed by atoms with Gasteiger partial charge in [-0.15, -0.1) is 0 Å². The quantitative estimate of drug-likeness (QED) is 0.839. The summed E-state index contributed by atoms with van der Waals surface area (Å²) < 4.78 is 5.34. The number of allylic oxidation sites excluding steroid dienone is 1. The highest BCUT2D eigenvalue weighted by molar-refractivity contribution is 5.75. The fourth-order valence-corrected chi connectivity index (χ4v) is 3.96. The monoisotopic (exact) mass is 313 g/mol. The predicted molar refractivity (Wildman–Crippen MR) is 93.9 cm³/mol. The van der Waals surface area contributed by atoms with Gasteiger partial charge in [0.15, 0.2) is 0 Å². The van der Waals surface area contributed by atoms with Crippen LogP contribution in [0, 0.1) is 0 Å². The highest BCUT2D eigenvalue weighted by Crippen LogP contribution is 2.37. The van der Waals surface area contributed by atoms with Crippen molar-refractivity contribution in [1.82, 2.24) is 9.88 Å². The Balaban J connectivity index is 1.65. The third-order valence-corrected chi connectivity index (χ3v) is 5.67. The Kier molecular flexibility index (Phi) is 3.90. The second-order valence-electron chi connectivity index (χ2n) is 7.45. The zero-order chi connectivity index (χ0) is 16.0. The molecule has 4 heterocycles. The maximum Gasteiger partial charge on any atom is 0.136 e. The van der Waals surface area contributed by atoms with E-state index in [1.807, 2.05) is 0 Å². The molecule has 3 aliphatic rings. The van der Waals surface area contributed by atoms with Crippen molar-refractivity contribution in [2.24, 2.45) is 0 Å². The third-order valence-electron chi connectivity index (χ3n) is 5.67. The number of aromatic nitrogens is 1. The molecule has 23 heavy (non-hydrogen) atoms. The number of ether oxygens (including phenoxy) is 1. The highest BCUT2D eigenvalue weighted by atomic mass is 16.5. The van der Waals surface area contributed by atoms with Gasteiger partial charge in [-0.1, -0.05) is 6.58 Å². The molecule has 0 aromatic carbocycles. The molecule has 0 aliphatic carbocycles. The van der Waals surface area contributed by atoms with Gasteiger partial charge >= 0.3 is 0 Å². The van der Waals surface area contributed by atoms with Gasteiger partial charge in [-0.25, -0.2) is 4.98 Å². The van der Waals surface area contributed by atoms with Gasteiger partial charge in [0, 0.05) is 49.4 Å². The summed E-state index contributed by atoms with van der Waals surface area (Å²) in [5.74, 6) is 1.68. The lowest BCUT2D eigenvalue weighted by Gasteiger charge is -2.43. The largest absolute Gasteiger partial charge is 0.380 e. The number of hydrogen-bond donors (Lipinski definition) is 0. The Labute approximate surface area is 139 Å². The molecule has 4 nitrogen and oxygen atoms in total. The average molecular weight is 313 g/mol. The normalized spacial score (nSPS) is 25.8. The summed E-state index contributed by atoms with van der Waals surface area (Å²) >= 11 is 0. The number of rotatable bonds is 2. The van der Waals surface area contributed by atoms with Gasteiger partial charge in [-0.05, 0) is 43.9 Å². The fraction of sp³-hybridized carbons (Fsp3) is 0.632. The van der Waals surface area contributed by atoms with E-state index in [0.29, 0.717) is 18.0 Å². The van der Waals surface area contributed by atoms with Gasteiger partial charge < -0.3 is 9.64 Å². The average Bonchev–Trinajstić information content (AvgIpc) is 2.63. The maximum atomic E-state index is 5.34. The maximum absolute atomic E-state index is 5.34. The lowest BCUT2D eigenvalue weighted by molar-refractivity contribution is 0.00829. The highest BCUT2D eigenvalue weighted by Gasteiger charge is 2.33. The van der Waals surface area contributed by atoms with Gasteiger partial charge in [-0.3, -0.25) is 4.90 Å². The smallest absolute Gasteiger partial charge is 0.136 e. The number of piperazine rings is 1. The van der Waals surface area contributed by atoms with Crippen molar-refractivity contribution in [3.05, 3.63) is 30.0 Å². The van der Waals surface area contributed by atoms with Crippen LogP contribution in [0.15, 0.2) is 18.8 Å². The number of nitrogens with zero attached hydrogens (tertiary/aromatic N) is 3. The summed E-state index contributed by atoms with van der Waals surface area (Å²) in [4.78, 5) is 10.0. The van der Waals surface area contributed by atoms with Crippen LogP contribution in [0.3, 0.4) is 0 Å². The van der Waals surface area contributed by atoms with Crippen LogP contribution in [0.4, 0.5) is 5.82 Å². The third kappa shape index (κ3) is 2.68. The molecule has 0 spiro atoms. The summed E-state index contributed by atoms with van der Waals surface area (Å²) in [5.41, 5.74) is 3.84. The van der Waals surface area contributed by atoms with Crippen molar-refractivity contribution < 1.29 is 4.74 Å². The summed E-state index contributed by atoms with van der Waals surface area (Å²) in [6.45, 7) is 14.0. The molecule has 0 saturated carbocycles. The van der Waals surface area contributed by atoms with Crippen LogP contribution < -0.4 is 4.90 Å². The van der Waals surface area contributed by atoms with Gasteiger partial charge in [-0.2, -0.15) is 0 Å². The van der Waals surface area contributed by atoms with Crippen LogP contribution in [0.1, 0.15) is 43.7 Å². The van der Waals surface area contributed by atoms with Crippen LogP contribution in [-0.4, -0.2) is 54.8 Å². The van der Waals surface area contributed by atoms with E-state index in [0.717, 1.165) is 45.1 Å². The lowest BCUT2D eigenvalue weighted by Crippen LogP contribution is -2.55. The second kappa shape index (κ2) is 5.91. The van der Waals surface area contributed by atoms with Gasteiger partial charge in [0.2, 0.25) is 0 Å². The van der Waals surface area contributed by atoms with E-state index in [1.54, 1.807) is 0 Å². The first-order chi connectivity index (χ1) is 11.1. The van der Waals surface area contributed by atoms with Crippen molar-refractivity contribution in [3.8, 4) is 0 Å². The molecule has 1 aromatic heterocycles. The zero-order valence-corrected chi connectivity index (χ0v) is 14.3. The molecule has 0 unspecified atom stereocenters. The fourth-order valence-electron chi connectivity index (χ4n) is 3.96. The van der Waals surface area contributed by atoms with Gasteiger partial charge in [0.05, 0.1) is 13.2 Å². The molecule has 0 amide bonds. The molecule has 0 radical (unpaired) electrons. The summed E-state index contributed by atoms with van der Waals surface area (Å²) in [7, 11) is 0. The Morgan fingerprint density at radius 3 is 2.83 bits per heavy atom. The zero-order valence-electron chi connectivity index (χ0n) is 14.3. The van der Waals surface area contributed by atoms with Gasteiger partial charge in [0.1, 0.15) is 5.82 Å². The van der Waals surface area contributed by atoms with E-state index < -0.39 is 0 Å². The minimum atomic E-state index is 0.525. The molecular weight excluding hydrogens is 286 g/mol. The Bertz CT molecular complexity index is 609. The molecule has 4 heteroatoms. The minimum absolute atomic E-state index is 0.525. The first-order valence-electron chi connectivity index (χ1n) is 8.90. The molecule has 2 fully saturated rings. The molecule has 4 rings (SSSR count). The molecule has 1 atom stereocenters. The van der Waals surface area contributed by atoms with Crippen LogP contribution in [0.5, 0.6) is 0 Å². The van der Waals surface area contributed by atoms with E-state index in [4.69, 9.17) is 9.72 Å². The summed E-state index contributed by atoms with van der Waals surface area (Å²) in [6.07, 6.45) is 4.32. The lowest BCUT2D eigenvalue weighted by atomic mass is 9.95. The predicted octanol–water partition coefficient (Wildman–Crippen LogP) is 2.90. The van der Waals surface area contributed by atoms with Crippen LogP contribution in [0.25, 0.3) is 5.57 Å². The van der Waals surface area contributed by atoms with E-state index in [1.165, 1.54) is 23.1 Å². The second-order valence-corrected chi connectivity index (χ2v) is 7.45. The molecule has 124 valence electrons. The van der Waals surface area contributed by atoms with E-state index in [2.05, 4.69) is 42.5 Å². The van der Waals surface area contributed by atoms with Crippen molar-refractivity contribution in [1.29, 1.82) is 0 Å². The first-order valence-corrected chi connectivity index (χ1v) is 8.90. The Hall–Kier alpha value is -1.39. The molecular formula is C19H27N3O. The van der Waals surface area contributed by atoms with Gasteiger partial charge in [0.25, 0.3) is 0 Å². The number of fused-ring (bicyclic) bond motifs is 3. The minimum Gasteiger partial charge on any atom is -0.380 e. The van der Waals surface area contributed by atoms with Crippen LogP contribution >= 0.6 is 0 Å². The van der Waals surface area contributed by atoms with Crippen molar-refractivity contribution in [2.45, 2.75) is 44.7 Å². The van der Waals surface area contributed by atoms with Crippen LogP contribution in [0.2, 0.25) is 0 Å². The molecule has 1 aromatic rings. The SMILES string of the molecule is C=C1CC[C@@H]2CN(C(C)C)CCN2c2ncc(C3COC3)cc21. The van der Waals surface area contributed by atoms with Crippen molar-refractivity contribution in [2.75, 3.05) is 37.7 Å². The Morgan fingerprint density at radius 2 is 2.13 bits per heavy atom. The van der Waals surface area contributed by atoms with Crippen molar-refractivity contribution >= 4 is 11.4 Å². The standard InChI is InChI=1S/C19H27N3O/c1-13(2)21-6-7-22-17(10-21)5-4-14(3)18-8-15(9-20-19(18)22)16-11-23-12-16/h8-9,13,16-17H,3-7,10-12H2,1-2H3/t17-/m1/s1. The van der Waals surface area contributed by atoms with E-state index in [9.17, 15) is 0 Å². The van der Waals surface area contributed by atoms with E-state index >= 15 is 0 Å². The summed E-state index contributed by atoms with van der Waals surface area (Å²) in [5, 5.41) is 0. The topological polar surface area (TPSA) is 28.6 Å². The Morgan fingerprint density at radius 1 is 1.30 bits per heavy atom. The number of pyridine rings is 1. The van der Waals surface area contributed by atoms with E-state index in [-0.39, 0.29) is 0 Å². The van der Waals surface area contributed by atoms with Crippen molar-refractivity contribution in [3.63, 3.8) is 0 Å². The number of anilines is 1. The molecule has 3 aliphatic heterocycles. The number of hydrogen-bond acceptors (Lipinski definition) is 4. The summed E-state index contributed by atoms with van der Waals surface area (Å²) in [6, 6.07) is 3.52. The first kappa shape index (κ1) is 15.2.